The van der Waals surface area contributed by atoms with Crippen LogP contribution in [-0.2, 0) is 30.4 Å². The van der Waals surface area contributed by atoms with Gasteiger partial charge in [0.15, 0.2) is 46.4 Å². The van der Waals surface area contributed by atoms with E-state index in [1.165, 1.54) is 34.4 Å². The first-order valence-electron chi connectivity index (χ1n) is 14.6. The van der Waals surface area contributed by atoms with Gasteiger partial charge in [-0.05, 0) is 16.4 Å². The second kappa shape index (κ2) is 13.8. The molecule has 24 heteroatoms. The predicted octanol–water partition coefficient (Wildman–Crippen LogP) is -0.694. The summed E-state index contributed by atoms with van der Waals surface area (Å²) in [5, 5.41) is 44.6. The normalized spacial score (nSPS) is 33.8. The Labute approximate surface area is 282 Å². The predicted molar refractivity (Wildman–Crippen MR) is 177 cm³/mol. The standard InChI is InChI=1S/C24H30N12O8P2S2/c37-5-11-14-18(39)24(43-11)36-10-32-16-20(28-8-30-22(16)36)26-4-2-1-3-25-19-15-21(29-7-27-19)35(9-31-15)23-17(38)13(33-45(40)47)12(44-23)6-42-46(41,48)34-14/h1-2,7-14,17-18,23-24,37-39H,3-6H2,(H5-,25,26,27,28,29,30,33,34,40,41,47,48)/p+1/b2-1+/t11?,12?,13-,14?,17+,18+,23?,24?,46?/m0/s1. The molecule has 4 aromatic heterocycles. The molecule has 7 rings (SSSR count). The van der Waals surface area contributed by atoms with Gasteiger partial charge >= 0.3 is 7.15 Å². The highest BCUT2D eigenvalue weighted by Crippen LogP contribution is 2.44. The molecule has 7 unspecified atom stereocenters. The zero-order chi connectivity index (χ0) is 33.6. The second-order valence-electron chi connectivity index (χ2n) is 11.0. The molecule has 0 saturated carbocycles. The van der Waals surface area contributed by atoms with Gasteiger partial charge in [-0.25, -0.2) is 35.0 Å². The van der Waals surface area contributed by atoms with Crippen molar-refractivity contribution in [2.45, 2.75) is 49.0 Å². The van der Waals surface area contributed by atoms with Crippen molar-refractivity contribution >= 4 is 71.8 Å². The first-order valence-corrected chi connectivity index (χ1v) is 19.7. The summed E-state index contributed by atoms with van der Waals surface area (Å²) in [4.78, 5) is 37.3. The highest BCUT2D eigenvalue weighted by atomic mass is 32.7. The molecule has 0 radical (unpaired) electrons. The summed E-state index contributed by atoms with van der Waals surface area (Å²) in [6.45, 7) is -4.04. The highest BCUT2D eigenvalue weighted by molar-refractivity contribution is 8.40. The van der Waals surface area contributed by atoms with Gasteiger partial charge in [0, 0.05) is 13.1 Å². The average molecular weight is 742 g/mol. The van der Waals surface area contributed by atoms with Crippen LogP contribution in [0.3, 0.4) is 0 Å². The highest BCUT2D eigenvalue weighted by Gasteiger charge is 2.50. The lowest BCUT2D eigenvalue weighted by molar-refractivity contribution is -0.0490. The second-order valence-corrected chi connectivity index (χ2v) is 16.0. The number of aliphatic hydroxyl groups is 3. The van der Waals surface area contributed by atoms with Crippen LogP contribution in [0.1, 0.15) is 12.5 Å². The molecule has 0 spiro atoms. The van der Waals surface area contributed by atoms with Crippen LogP contribution in [0, 0.1) is 0 Å². The minimum Gasteiger partial charge on any atom is -0.394 e. The van der Waals surface area contributed by atoms with Crippen molar-refractivity contribution in [3.05, 3.63) is 37.5 Å². The summed E-state index contributed by atoms with van der Waals surface area (Å²) < 4.78 is 33.0. The van der Waals surface area contributed by atoms with Gasteiger partial charge in [-0.15, -0.1) is 0 Å². The maximum Gasteiger partial charge on any atom is 0.504 e. The number of rotatable bonds is 3. The molecule has 48 heavy (non-hydrogen) atoms. The molecule has 8 N–H and O–H groups in total. The monoisotopic (exact) mass is 741 g/mol. The van der Waals surface area contributed by atoms with Crippen molar-refractivity contribution in [3.8, 4) is 0 Å². The van der Waals surface area contributed by atoms with Gasteiger partial charge in [0.1, 0.15) is 55.4 Å². The third kappa shape index (κ3) is 6.44. The fourth-order valence-corrected chi connectivity index (χ4v) is 8.54. The number of fused-ring (bicyclic) bond motifs is 6. The summed E-state index contributed by atoms with van der Waals surface area (Å²) in [7, 11) is -2.25. The fourth-order valence-electron chi connectivity index (χ4n) is 5.90. The van der Waals surface area contributed by atoms with Crippen LogP contribution in [0.4, 0.5) is 11.6 Å². The number of nitrogens with one attached hydrogen (secondary N) is 4. The van der Waals surface area contributed by atoms with Crippen molar-refractivity contribution in [3.63, 3.8) is 0 Å². The number of hydrogen-bond acceptors (Lipinski definition) is 16. The van der Waals surface area contributed by atoms with Gasteiger partial charge in [-0.1, -0.05) is 17.2 Å². The van der Waals surface area contributed by atoms with Crippen LogP contribution in [-0.4, -0.2) is 122 Å². The molecule has 3 aliphatic heterocycles. The number of imidazole rings is 2. The van der Waals surface area contributed by atoms with Gasteiger partial charge in [0.05, 0.1) is 31.9 Å². The van der Waals surface area contributed by atoms with E-state index in [0.29, 0.717) is 47.1 Å². The van der Waals surface area contributed by atoms with Gasteiger partial charge < -0.3 is 44.8 Å². The van der Waals surface area contributed by atoms with Crippen LogP contribution in [0.5, 0.6) is 0 Å². The van der Waals surface area contributed by atoms with Crippen molar-refractivity contribution < 1.29 is 38.8 Å². The fraction of sp³-hybridized carbons (Fsp3) is 0.500. The van der Waals surface area contributed by atoms with Gasteiger partial charge in [0.2, 0.25) is 0 Å². The largest absolute Gasteiger partial charge is 0.504 e. The van der Waals surface area contributed by atoms with E-state index in [2.05, 4.69) is 63.0 Å². The number of nitrogens with zero attached hydrogens (tertiary/aromatic N) is 8. The zero-order valence-electron chi connectivity index (χ0n) is 24.7. The van der Waals surface area contributed by atoms with E-state index in [1.54, 1.807) is 0 Å². The number of aliphatic hydroxyl groups excluding tert-OH is 3. The average Bonchev–Trinajstić information content (AvgIpc) is 3.82. The first kappa shape index (κ1) is 33.7. The molecular weight excluding hydrogens is 710 g/mol. The molecule has 12 bridgehead atoms. The third-order valence-corrected chi connectivity index (χ3v) is 10.7. The number of thiol groups is 1. The smallest absolute Gasteiger partial charge is 0.394 e. The molecule has 7 heterocycles. The van der Waals surface area contributed by atoms with E-state index in [0.717, 1.165) is 0 Å². The first-order chi connectivity index (χ1) is 23.1. The van der Waals surface area contributed by atoms with Crippen LogP contribution in [0.25, 0.3) is 22.3 Å². The summed E-state index contributed by atoms with van der Waals surface area (Å²) in [5.74, 6) is 0.893. The molecule has 2 saturated heterocycles. The molecule has 0 amide bonds. The van der Waals surface area contributed by atoms with Crippen LogP contribution in [0.15, 0.2) is 37.5 Å². The van der Waals surface area contributed by atoms with E-state index in [1.807, 2.05) is 12.2 Å². The SMILES string of the molecule is O=[P+](S)N[C@H]1C2COP(O)(=S)NC3C(CO)OC([C@@H]3O)n3cnc4c(ncnc43)NC/C=C/CNc3ncnc4c3ncn4C(O2)[C@@H]1O. The molecule has 0 aliphatic carbocycles. The Kier molecular flexibility index (Phi) is 9.70. The topological polar surface area (TPSA) is 261 Å². The van der Waals surface area contributed by atoms with Crippen LogP contribution < -0.4 is 20.8 Å². The van der Waals surface area contributed by atoms with E-state index in [-0.39, 0.29) is 6.61 Å². The van der Waals surface area contributed by atoms with Crippen LogP contribution in [0.2, 0.25) is 0 Å². The summed E-state index contributed by atoms with van der Waals surface area (Å²) in [5.41, 5.74) is 1.55. The minimum absolute atomic E-state index is 0.355. The molecule has 0 aromatic carbocycles. The molecule has 3 aliphatic rings. The summed E-state index contributed by atoms with van der Waals surface area (Å²) in [6.07, 6.45) is 2.55. The Morgan fingerprint density at radius 2 is 1.54 bits per heavy atom. The van der Waals surface area contributed by atoms with Crippen LogP contribution >= 0.6 is 26.0 Å². The minimum atomic E-state index is -3.92. The molecule has 20 nitrogen and oxygen atoms in total. The van der Waals surface area contributed by atoms with Gasteiger partial charge in [-0.3, -0.25) is 9.13 Å². The van der Waals surface area contributed by atoms with E-state index >= 15 is 0 Å². The lowest BCUT2D eigenvalue weighted by atomic mass is 10.1. The Hall–Kier alpha value is -2.82. The van der Waals surface area contributed by atoms with Crippen molar-refractivity contribution in [2.75, 3.05) is 36.9 Å². The number of hydrogen-bond donors (Lipinski definition) is 9. The Balaban J connectivity index is 1.23. The number of anilines is 2. The van der Waals surface area contributed by atoms with E-state index < -0.39 is 69.4 Å². The van der Waals surface area contributed by atoms with E-state index in [9.17, 15) is 24.8 Å². The lowest BCUT2D eigenvalue weighted by Crippen LogP contribution is -2.45. The molecule has 4 aromatic rings. The quantitative estimate of drug-likeness (QED) is 0.0715. The zero-order valence-corrected chi connectivity index (χ0v) is 28.2. The van der Waals surface area contributed by atoms with Crippen molar-refractivity contribution in [2.24, 2.45) is 0 Å². The number of ether oxygens (including phenoxy) is 2. The van der Waals surface area contributed by atoms with Crippen molar-refractivity contribution in [1.29, 1.82) is 0 Å². The Morgan fingerprint density at radius 1 is 0.958 bits per heavy atom. The molecular formula is C24H31N12O8P2S2+. The summed E-state index contributed by atoms with van der Waals surface area (Å²) >= 11 is 9.33. The Morgan fingerprint density at radius 3 is 2.10 bits per heavy atom. The molecule has 256 valence electrons. The maximum absolute atomic E-state index is 12.1. The molecule has 2 fully saturated rings. The summed E-state index contributed by atoms with van der Waals surface area (Å²) in [6, 6.07) is -2.06. The lowest BCUT2D eigenvalue weighted by Gasteiger charge is -2.27. The maximum atomic E-state index is 12.1. The van der Waals surface area contributed by atoms with Gasteiger partial charge in [-0.2, -0.15) is 0 Å². The number of aromatic nitrogens is 8. The van der Waals surface area contributed by atoms with Crippen molar-refractivity contribution in [1.82, 2.24) is 49.2 Å². The van der Waals surface area contributed by atoms with E-state index in [4.69, 9.17) is 25.8 Å². The third-order valence-electron chi connectivity index (χ3n) is 8.12. The Bertz CT molecular complexity index is 1900. The van der Waals surface area contributed by atoms with Gasteiger partial charge in [0.25, 0.3) is 6.64 Å². The molecule has 10 atom stereocenters.